The number of halogens is 2. The number of hydrazone groups is 1. The molecule has 4 nitrogen and oxygen atoms in total. The molecular formula is C13H10Br2N2O2. The van der Waals surface area contributed by atoms with Crippen molar-refractivity contribution in [3.63, 3.8) is 0 Å². The Kier molecular flexibility index (Phi) is 4.55. The van der Waals surface area contributed by atoms with Crippen molar-refractivity contribution in [3.8, 4) is 0 Å². The van der Waals surface area contributed by atoms with E-state index >= 15 is 0 Å². The molecule has 0 radical (unpaired) electrons. The van der Waals surface area contributed by atoms with Gasteiger partial charge in [-0.05, 0) is 42.3 Å². The molecule has 2 aromatic rings. The van der Waals surface area contributed by atoms with Gasteiger partial charge >= 0.3 is 5.91 Å². The summed E-state index contributed by atoms with van der Waals surface area (Å²) in [5, 5.41) is 3.88. The zero-order valence-corrected chi connectivity index (χ0v) is 13.2. The monoisotopic (exact) mass is 384 g/mol. The van der Waals surface area contributed by atoms with E-state index in [1.54, 1.807) is 18.3 Å². The van der Waals surface area contributed by atoms with Gasteiger partial charge in [0.15, 0.2) is 5.76 Å². The summed E-state index contributed by atoms with van der Waals surface area (Å²) in [6.45, 7) is 1.99. The Hall–Kier alpha value is -1.40. The van der Waals surface area contributed by atoms with Crippen LogP contribution < -0.4 is 5.43 Å². The normalized spacial score (nSPS) is 10.9. The summed E-state index contributed by atoms with van der Waals surface area (Å²) in [6.07, 6.45) is 3.00. The van der Waals surface area contributed by atoms with Gasteiger partial charge in [-0.1, -0.05) is 31.9 Å². The van der Waals surface area contributed by atoms with E-state index < -0.39 is 0 Å². The molecule has 98 valence electrons. The van der Waals surface area contributed by atoms with E-state index in [1.165, 1.54) is 6.26 Å². The first-order valence-corrected chi connectivity index (χ1v) is 6.99. The third-order valence-electron chi connectivity index (χ3n) is 2.43. The quantitative estimate of drug-likeness (QED) is 0.643. The van der Waals surface area contributed by atoms with Gasteiger partial charge in [-0.25, -0.2) is 5.43 Å². The molecule has 1 amide bonds. The van der Waals surface area contributed by atoms with Gasteiger partial charge in [0.25, 0.3) is 0 Å². The lowest BCUT2D eigenvalue weighted by atomic mass is 10.2. The maximum atomic E-state index is 11.5. The molecule has 0 aliphatic carbocycles. The van der Waals surface area contributed by atoms with Crippen LogP contribution in [0, 0.1) is 6.92 Å². The topological polar surface area (TPSA) is 54.6 Å². The minimum atomic E-state index is -0.383. The number of hydrogen-bond donors (Lipinski definition) is 1. The van der Waals surface area contributed by atoms with Gasteiger partial charge in [-0.15, -0.1) is 0 Å². The van der Waals surface area contributed by atoms with E-state index in [0.29, 0.717) is 0 Å². The van der Waals surface area contributed by atoms with Crippen molar-refractivity contribution >= 4 is 44.0 Å². The Morgan fingerprint density at radius 2 is 2.05 bits per heavy atom. The van der Waals surface area contributed by atoms with Gasteiger partial charge in [0.1, 0.15) is 0 Å². The molecule has 0 saturated carbocycles. The fourth-order valence-corrected chi connectivity index (χ4v) is 2.59. The highest BCUT2D eigenvalue weighted by Gasteiger charge is 2.06. The molecule has 1 aromatic carbocycles. The first-order valence-electron chi connectivity index (χ1n) is 5.40. The molecule has 6 heteroatoms. The minimum absolute atomic E-state index is 0.225. The van der Waals surface area contributed by atoms with Crippen LogP contribution in [0.3, 0.4) is 0 Å². The molecule has 1 aromatic heterocycles. The van der Waals surface area contributed by atoms with Crippen LogP contribution in [0.1, 0.15) is 21.7 Å². The first-order chi connectivity index (χ1) is 9.08. The smallest absolute Gasteiger partial charge is 0.307 e. The molecule has 0 saturated heterocycles. The molecular weight excluding hydrogens is 376 g/mol. The van der Waals surface area contributed by atoms with Crippen molar-refractivity contribution in [1.29, 1.82) is 0 Å². The van der Waals surface area contributed by atoms with Crippen LogP contribution in [0.25, 0.3) is 0 Å². The van der Waals surface area contributed by atoms with Crippen LogP contribution in [-0.2, 0) is 0 Å². The predicted octanol–water partition coefficient (Wildman–Crippen LogP) is 3.88. The summed E-state index contributed by atoms with van der Waals surface area (Å²) in [5.74, 6) is -0.157. The van der Waals surface area contributed by atoms with Crippen LogP contribution in [0.15, 0.2) is 49.0 Å². The van der Waals surface area contributed by atoms with Crippen LogP contribution >= 0.6 is 31.9 Å². The maximum absolute atomic E-state index is 11.5. The zero-order chi connectivity index (χ0) is 13.8. The number of amides is 1. The standard InChI is InChI=1S/C13H10Br2N2O2/c1-8-10(14)5-9(6-11(8)15)7-16-17-13(18)12-3-2-4-19-12/h2-7H,1H3,(H,17,18). The molecule has 19 heavy (non-hydrogen) atoms. The lowest BCUT2D eigenvalue weighted by molar-refractivity contribution is 0.0927. The van der Waals surface area contributed by atoms with Crippen molar-refractivity contribution in [2.45, 2.75) is 6.92 Å². The fraction of sp³-hybridized carbons (Fsp3) is 0.0769. The number of carbonyl (C=O) groups is 1. The number of rotatable bonds is 3. The van der Waals surface area contributed by atoms with Crippen molar-refractivity contribution in [2.24, 2.45) is 5.10 Å². The molecule has 0 aliphatic heterocycles. The Morgan fingerprint density at radius 1 is 1.37 bits per heavy atom. The second-order valence-electron chi connectivity index (χ2n) is 3.79. The summed E-state index contributed by atoms with van der Waals surface area (Å²) in [6, 6.07) is 7.06. The highest BCUT2D eigenvalue weighted by atomic mass is 79.9. The van der Waals surface area contributed by atoms with E-state index in [1.807, 2.05) is 19.1 Å². The van der Waals surface area contributed by atoms with E-state index in [0.717, 1.165) is 20.1 Å². The van der Waals surface area contributed by atoms with Crippen LogP contribution in [0.4, 0.5) is 0 Å². The van der Waals surface area contributed by atoms with E-state index in [2.05, 4.69) is 42.4 Å². The lowest BCUT2D eigenvalue weighted by Gasteiger charge is -2.03. The first kappa shape index (κ1) is 14.0. The lowest BCUT2D eigenvalue weighted by Crippen LogP contribution is -2.16. The van der Waals surface area contributed by atoms with Crippen LogP contribution in [-0.4, -0.2) is 12.1 Å². The number of furan rings is 1. The van der Waals surface area contributed by atoms with Gasteiger partial charge in [-0.2, -0.15) is 5.10 Å². The van der Waals surface area contributed by atoms with Gasteiger partial charge in [-0.3, -0.25) is 4.79 Å². The van der Waals surface area contributed by atoms with Crippen molar-refractivity contribution in [2.75, 3.05) is 0 Å². The molecule has 0 unspecified atom stereocenters. The summed E-state index contributed by atoms with van der Waals surface area (Å²) in [7, 11) is 0. The number of nitrogens with one attached hydrogen (secondary N) is 1. The second kappa shape index (κ2) is 6.16. The molecule has 0 fully saturated rings. The molecule has 1 heterocycles. The van der Waals surface area contributed by atoms with Gasteiger partial charge in [0.05, 0.1) is 12.5 Å². The summed E-state index contributed by atoms with van der Waals surface area (Å²) in [5.41, 5.74) is 4.37. The third kappa shape index (κ3) is 3.54. The second-order valence-corrected chi connectivity index (χ2v) is 5.49. The Labute approximate surface area is 127 Å². The molecule has 1 N–H and O–H groups in total. The fourth-order valence-electron chi connectivity index (χ4n) is 1.37. The average molecular weight is 386 g/mol. The van der Waals surface area contributed by atoms with E-state index in [9.17, 15) is 4.79 Å². The average Bonchev–Trinajstić information content (AvgIpc) is 2.89. The number of carbonyl (C=O) groups excluding carboxylic acids is 1. The highest BCUT2D eigenvalue weighted by molar-refractivity contribution is 9.11. The Balaban J connectivity index is 2.05. The van der Waals surface area contributed by atoms with Crippen LogP contribution in [0.2, 0.25) is 0 Å². The highest BCUT2D eigenvalue weighted by Crippen LogP contribution is 2.25. The van der Waals surface area contributed by atoms with Gasteiger partial charge in [0.2, 0.25) is 0 Å². The number of nitrogens with zero attached hydrogens (tertiary/aromatic N) is 1. The van der Waals surface area contributed by atoms with Gasteiger partial charge in [0, 0.05) is 8.95 Å². The summed E-state index contributed by atoms with van der Waals surface area (Å²) < 4.78 is 6.90. The molecule has 2 rings (SSSR count). The van der Waals surface area contributed by atoms with E-state index in [-0.39, 0.29) is 11.7 Å². The summed E-state index contributed by atoms with van der Waals surface area (Å²) in [4.78, 5) is 11.5. The maximum Gasteiger partial charge on any atom is 0.307 e. The van der Waals surface area contributed by atoms with Crippen molar-refractivity contribution < 1.29 is 9.21 Å². The van der Waals surface area contributed by atoms with Gasteiger partial charge < -0.3 is 4.42 Å². The molecule has 0 spiro atoms. The predicted molar refractivity (Wildman–Crippen MR) is 80.3 cm³/mol. The molecule has 0 atom stereocenters. The number of hydrogen-bond acceptors (Lipinski definition) is 3. The minimum Gasteiger partial charge on any atom is -0.459 e. The summed E-state index contributed by atoms with van der Waals surface area (Å²) >= 11 is 6.91. The van der Waals surface area contributed by atoms with E-state index in [4.69, 9.17) is 4.42 Å². The Morgan fingerprint density at radius 3 is 2.63 bits per heavy atom. The molecule has 0 aliphatic rings. The van der Waals surface area contributed by atoms with Crippen LogP contribution in [0.5, 0.6) is 0 Å². The number of benzene rings is 1. The van der Waals surface area contributed by atoms with Crippen molar-refractivity contribution in [3.05, 3.63) is 56.4 Å². The largest absolute Gasteiger partial charge is 0.459 e. The third-order valence-corrected chi connectivity index (χ3v) is 4.08. The van der Waals surface area contributed by atoms with Crippen molar-refractivity contribution in [1.82, 2.24) is 5.43 Å². The SMILES string of the molecule is Cc1c(Br)cc(C=NNC(=O)c2ccco2)cc1Br. The Bertz CT molecular complexity index is 599. The molecule has 0 bridgehead atoms. The zero-order valence-electron chi connectivity index (χ0n) is 9.98.